The maximum Gasteiger partial charge on any atom is 0.324 e. The van der Waals surface area contributed by atoms with Crippen LogP contribution in [0.2, 0.25) is 0 Å². The first-order valence-corrected chi connectivity index (χ1v) is 5.89. The number of aliphatic hydroxyl groups excluding tert-OH is 1. The van der Waals surface area contributed by atoms with Gasteiger partial charge in [-0.05, 0) is 13.0 Å². The van der Waals surface area contributed by atoms with Crippen LogP contribution in [0.25, 0.3) is 0 Å². The highest BCUT2D eigenvalue weighted by Crippen LogP contribution is 2.08. The Labute approximate surface area is 92.2 Å². The van der Waals surface area contributed by atoms with E-state index in [4.69, 9.17) is 10.2 Å². The van der Waals surface area contributed by atoms with Crippen molar-refractivity contribution in [3.63, 3.8) is 0 Å². The normalized spacial score (nSPS) is 15.6. The molecule has 0 aliphatic carbocycles. The molecule has 2 unspecified atom stereocenters. The van der Waals surface area contributed by atoms with Crippen LogP contribution < -0.4 is 4.72 Å². The van der Waals surface area contributed by atoms with E-state index in [1.807, 2.05) is 4.72 Å². The maximum absolute atomic E-state index is 11.6. The van der Waals surface area contributed by atoms with Crippen LogP contribution in [0, 0.1) is 0 Å². The number of sulfonamides is 1. The lowest BCUT2D eigenvalue weighted by atomic mass is 10.2. The Morgan fingerprint density at radius 2 is 2.19 bits per heavy atom. The third kappa shape index (κ3) is 2.81. The van der Waals surface area contributed by atoms with Crippen molar-refractivity contribution in [1.29, 1.82) is 0 Å². The molecule has 1 rings (SSSR count). The highest BCUT2D eigenvalue weighted by atomic mass is 32.2. The molecule has 1 heterocycles. The standard InChI is InChI=1S/C8H12N2O5S/c1-5(11)7(8(12)13)10-16(14,15)6-2-3-9-4-6/h2-5,7,9-11H,1H3,(H,12,13). The number of aromatic nitrogens is 1. The highest BCUT2D eigenvalue weighted by Gasteiger charge is 2.29. The van der Waals surface area contributed by atoms with Gasteiger partial charge in [0.15, 0.2) is 0 Å². The molecule has 0 saturated heterocycles. The van der Waals surface area contributed by atoms with E-state index in [-0.39, 0.29) is 4.90 Å². The first-order chi connectivity index (χ1) is 7.34. The van der Waals surface area contributed by atoms with Gasteiger partial charge in [0.25, 0.3) is 0 Å². The minimum absolute atomic E-state index is 0.0839. The van der Waals surface area contributed by atoms with Crippen LogP contribution in [-0.2, 0) is 14.8 Å². The largest absolute Gasteiger partial charge is 0.480 e. The second-order valence-electron chi connectivity index (χ2n) is 3.22. The zero-order valence-electron chi connectivity index (χ0n) is 8.41. The van der Waals surface area contributed by atoms with E-state index in [0.717, 1.165) is 0 Å². The number of carboxylic acid groups (broad SMARTS) is 1. The number of aliphatic carboxylic acids is 1. The Bertz CT molecular complexity index is 451. The van der Waals surface area contributed by atoms with E-state index in [9.17, 15) is 13.2 Å². The molecule has 0 bridgehead atoms. The SMILES string of the molecule is CC(O)C(NS(=O)(=O)c1cc[nH]c1)C(=O)O. The fraction of sp³-hybridized carbons (Fsp3) is 0.375. The number of hydrogen-bond acceptors (Lipinski definition) is 4. The van der Waals surface area contributed by atoms with Gasteiger partial charge < -0.3 is 15.2 Å². The van der Waals surface area contributed by atoms with Crippen LogP contribution in [-0.4, -0.2) is 41.7 Å². The number of carboxylic acids is 1. The summed E-state index contributed by atoms with van der Waals surface area (Å²) in [5.41, 5.74) is 0. The van der Waals surface area contributed by atoms with Crippen LogP contribution in [0.4, 0.5) is 0 Å². The van der Waals surface area contributed by atoms with Crippen LogP contribution in [0.15, 0.2) is 23.4 Å². The third-order valence-electron chi connectivity index (χ3n) is 1.91. The number of aliphatic hydroxyl groups is 1. The lowest BCUT2D eigenvalue weighted by Gasteiger charge is -2.16. The Morgan fingerprint density at radius 1 is 1.56 bits per heavy atom. The molecular weight excluding hydrogens is 236 g/mol. The van der Waals surface area contributed by atoms with Crippen LogP contribution in [0.1, 0.15) is 6.92 Å². The summed E-state index contributed by atoms with van der Waals surface area (Å²) in [5, 5.41) is 17.8. The Hall–Kier alpha value is -1.38. The molecule has 0 fully saturated rings. The maximum atomic E-state index is 11.6. The molecular formula is C8H12N2O5S. The minimum Gasteiger partial charge on any atom is -0.480 e. The van der Waals surface area contributed by atoms with E-state index in [2.05, 4.69) is 4.98 Å². The number of rotatable bonds is 5. The quantitative estimate of drug-likeness (QED) is 0.540. The number of nitrogens with one attached hydrogen (secondary N) is 2. The van der Waals surface area contributed by atoms with E-state index in [0.29, 0.717) is 0 Å². The topological polar surface area (TPSA) is 119 Å². The second-order valence-corrected chi connectivity index (χ2v) is 4.94. The molecule has 0 aromatic carbocycles. The van der Waals surface area contributed by atoms with Crippen LogP contribution in [0.3, 0.4) is 0 Å². The molecule has 4 N–H and O–H groups in total. The molecule has 7 nitrogen and oxygen atoms in total. The van der Waals surface area contributed by atoms with Crippen molar-refractivity contribution in [2.24, 2.45) is 0 Å². The summed E-state index contributed by atoms with van der Waals surface area (Å²) in [6.07, 6.45) is 1.28. The highest BCUT2D eigenvalue weighted by molar-refractivity contribution is 7.89. The summed E-state index contributed by atoms with van der Waals surface area (Å²) >= 11 is 0. The first kappa shape index (κ1) is 12.7. The van der Waals surface area contributed by atoms with Crippen LogP contribution >= 0.6 is 0 Å². The average molecular weight is 248 g/mol. The van der Waals surface area contributed by atoms with Gasteiger partial charge in [-0.25, -0.2) is 8.42 Å². The number of hydrogen-bond donors (Lipinski definition) is 4. The monoisotopic (exact) mass is 248 g/mol. The lowest BCUT2D eigenvalue weighted by molar-refractivity contribution is -0.141. The van der Waals surface area contributed by atoms with Gasteiger partial charge >= 0.3 is 5.97 Å². The van der Waals surface area contributed by atoms with Gasteiger partial charge in [0.05, 0.1) is 11.0 Å². The van der Waals surface area contributed by atoms with Gasteiger partial charge in [-0.1, -0.05) is 0 Å². The Morgan fingerprint density at radius 3 is 2.56 bits per heavy atom. The average Bonchev–Trinajstić information content (AvgIpc) is 2.66. The molecule has 0 aliphatic rings. The zero-order valence-corrected chi connectivity index (χ0v) is 9.23. The molecule has 1 aromatic heterocycles. The second kappa shape index (κ2) is 4.64. The van der Waals surface area contributed by atoms with Crippen molar-refractivity contribution >= 4 is 16.0 Å². The van der Waals surface area contributed by atoms with Crippen molar-refractivity contribution in [2.45, 2.75) is 24.0 Å². The molecule has 0 saturated carbocycles. The van der Waals surface area contributed by atoms with Crippen molar-refractivity contribution < 1.29 is 23.4 Å². The van der Waals surface area contributed by atoms with Crippen molar-refractivity contribution in [3.05, 3.63) is 18.5 Å². The number of H-pyrrole nitrogens is 1. The lowest BCUT2D eigenvalue weighted by Crippen LogP contribution is -2.47. The molecule has 90 valence electrons. The summed E-state index contributed by atoms with van der Waals surface area (Å²) in [6, 6.07) is -0.289. The van der Waals surface area contributed by atoms with E-state index >= 15 is 0 Å². The number of aromatic amines is 1. The molecule has 0 aliphatic heterocycles. The molecule has 0 amide bonds. The predicted molar refractivity (Wildman–Crippen MR) is 54.2 cm³/mol. The summed E-state index contributed by atoms with van der Waals surface area (Å²) in [4.78, 5) is 13.1. The summed E-state index contributed by atoms with van der Waals surface area (Å²) < 4.78 is 25.1. The summed E-state index contributed by atoms with van der Waals surface area (Å²) in [7, 11) is -3.93. The van der Waals surface area contributed by atoms with Gasteiger partial charge in [-0.15, -0.1) is 0 Å². The van der Waals surface area contributed by atoms with E-state index in [1.54, 1.807) is 0 Å². The molecule has 0 spiro atoms. The molecule has 8 heteroatoms. The fourth-order valence-electron chi connectivity index (χ4n) is 1.07. The molecule has 2 atom stereocenters. The van der Waals surface area contributed by atoms with E-state index in [1.165, 1.54) is 25.4 Å². The summed E-state index contributed by atoms with van der Waals surface area (Å²) in [5.74, 6) is -1.44. The third-order valence-corrected chi connectivity index (χ3v) is 3.35. The molecule has 1 aromatic rings. The van der Waals surface area contributed by atoms with Gasteiger partial charge in [-0.2, -0.15) is 4.72 Å². The van der Waals surface area contributed by atoms with Gasteiger partial charge in [0.2, 0.25) is 10.0 Å². The Balaban J connectivity index is 2.92. The molecule has 0 radical (unpaired) electrons. The van der Waals surface area contributed by atoms with Crippen molar-refractivity contribution in [3.8, 4) is 0 Å². The zero-order chi connectivity index (χ0) is 12.3. The summed E-state index contributed by atoms with van der Waals surface area (Å²) in [6.45, 7) is 1.19. The number of carbonyl (C=O) groups is 1. The Kier molecular flexibility index (Phi) is 3.68. The van der Waals surface area contributed by atoms with Crippen LogP contribution in [0.5, 0.6) is 0 Å². The fourth-order valence-corrected chi connectivity index (χ4v) is 2.30. The van der Waals surface area contributed by atoms with E-state index < -0.39 is 28.1 Å². The van der Waals surface area contributed by atoms with Gasteiger partial charge in [-0.3, -0.25) is 4.79 Å². The minimum atomic E-state index is -3.93. The molecule has 16 heavy (non-hydrogen) atoms. The van der Waals surface area contributed by atoms with Gasteiger partial charge in [0, 0.05) is 12.4 Å². The smallest absolute Gasteiger partial charge is 0.324 e. The van der Waals surface area contributed by atoms with Gasteiger partial charge in [0.1, 0.15) is 6.04 Å². The van der Waals surface area contributed by atoms with Crippen molar-refractivity contribution in [1.82, 2.24) is 9.71 Å². The van der Waals surface area contributed by atoms with Crippen molar-refractivity contribution in [2.75, 3.05) is 0 Å². The predicted octanol–water partition coefficient (Wildman–Crippen LogP) is -0.873. The first-order valence-electron chi connectivity index (χ1n) is 4.40.